The van der Waals surface area contributed by atoms with Gasteiger partial charge in [-0.15, -0.1) is 0 Å². The Morgan fingerprint density at radius 1 is 1.56 bits per heavy atom. The molecule has 0 spiro atoms. The van der Waals surface area contributed by atoms with Crippen LogP contribution in [-0.4, -0.2) is 38.6 Å². The second-order valence-corrected chi connectivity index (χ2v) is 6.90. The summed E-state index contributed by atoms with van der Waals surface area (Å²) in [6, 6.07) is 1.18. The molecule has 0 saturated heterocycles. The lowest BCUT2D eigenvalue weighted by atomic mass is 10.1. The van der Waals surface area contributed by atoms with Crippen molar-refractivity contribution in [3.05, 3.63) is 18.0 Å². The van der Waals surface area contributed by atoms with Crippen LogP contribution in [0.5, 0.6) is 0 Å². The van der Waals surface area contributed by atoms with Gasteiger partial charge in [0.1, 0.15) is 10.6 Å². The Bertz CT molecular complexity index is 536. The molecule has 0 saturated carbocycles. The number of hydrogen-bond donors (Lipinski definition) is 2. The predicted molar refractivity (Wildman–Crippen MR) is 67.3 cm³/mol. The third-order valence-corrected chi connectivity index (χ3v) is 3.74. The van der Waals surface area contributed by atoms with E-state index in [1.165, 1.54) is 12.3 Å². The van der Waals surface area contributed by atoms with Crippen LogP contribution in [0.1, 0.15) is 24.3 Å². The molecule has 1 heterocycles. The number of H-pyrrole nitrogens is 1. The van der Waals surface area contributed by atoms with Gasteiger partial charge in [0, 0.05) is 30.5 Å². The van der Waals surface area contributed by atoms with Crippen molar-refractivity contribution < 1.29 is 17.9 Å². The zero-order chi connectivity index (χ0) is 14.0. The Kier molecular flexibility index (Phi) is 4.41. The predicted octanol–water partition coefficient (Wildman–Crippen LogP) is 1.10. The SMILES string of the molecule is COC(C)(C)CNC(=O)c1cc(S(=O)(=O)Cl)c[nH]1. The first-order valence-corrected chi connectivity index (χ1v) is 7.43. The maximum atomic E-state index is 11.7. The van der Waals surface area contributed by atoms with Crippen molar-refractivity contribution in [1.82, 2.24) is 10.3 Å². The largest absolute Gasteiger partial charge is 0.377 e. The van der Waals surface area contributed by atoms with E-state index < -0.39 is 20.6 Å². The van der Waals surface area contributed by atoms with Gasteiger partial charge in [0.25, 0.3) is 15.0 Å². The molecule has 1 amide bonds. The molecular formula is C10H15ClN2O4S. The highest BCUT2D eigenvalue weighted by atomic mass is 35.7. The highest BCUT2D eigenvalue weighted by Gasteiger charge is 2.20. The van der Waals surface area contributed by atoms with E-state index in [1.807, 2.05) is 13.8 Å². The summed E-state index contributed by atoms with van der Waals surface area (Å²) in [5, 5.41) is 2.62. The van der Waals surface area contributed by atoms with E-state index in [-0.39, 0.29) is 10.6 Å². The van der Waals surface area contributed by atoms with Gasteiger partial charge in [-0.3, -0.25) is 4.79 Å². The van der Waals surface area contributed by atoms with Crippen molar-refractivity contribution in [2.75, 3.05) is 13.7 Å². The number of ether oxygens (including phenoxy) is 1. The van der Waals surface area contributed by atoms with Gasteiger partial charge in [-0.1, -0.05) is 0 Å². The molecule has 0 unspecified atom stereocenters. The van der Waals surface area contributed by atoms with Gasteiger partial charge in [0.15, 0.2) is 0 Å². The third-order valence-electron chi connectivity index (χ3n) is 2.41. The van der Waals surface area contributed by atoms with Crippen LogP contribution in [-0.2, 0) is 13.8 Å². The second-order valence-electron chi connectivity index (χ2n) is 4.33. The maximum Gasteiger partial charge on any atom is 0.267 e. The molecule has 0 aliphatic carbocycles. The number of halogens is 1. The number of rotatable bonds is 5. The molecule has 18 heavy (non-hydrogen) atoms. The lowest BCUT2D eigenvalue weighted by Crippen LogP contribution is -2.39. The fourth-order valence-electron chi connectivity index (χ4n) is 1.11. The summed E-state index contributed by atoms with van der Waals surface area (Å²) in [4.78, 5) is 14.1. The summed E-state index contributed by atoms with van der Waals surface area (Å²) >= 11 is 0. The van der Waals surface area contributed by atoms with Crippen LogP contribution >= 0.6 is 10.7 Å². The highest BCUT2D eigenvalue weighted by Crippen LogP contribution is 2.15. The fraction of sp³-hybridized carbons (Fsp3) is 0.500. The minimum atomic E-state index is -3.83. The van der Waals surface area contributed by atoms with E-state index >= 15 is 0 Å². The van der Waals surface area contributed by atoms with Gasteiger partial charge in [-0.2, -0.15) is 0 Å². The molecule has 0 aliphatic rings. The van der Waals surface area contributed by atoms with Crippen LogP contribution in [0.4, 0.5) is 0 Å². The van der Waals surface area contributed by atoms with Crippen molar-refractivity contribution in [2.24, 2.45) is 0 Å². The minimum absolute atomic E-state index is 0.126. The Morgan fingerprint density at radius 3 is 2.61 bits per heavy atom. The van der Waals surface area contributed by atoms with Crippen molar-refractivity contribution in [3.8, 4) is 0 Å². The van der Waals surface area contributed by atoms with Gasteiger partial charge in [0.05, 0.1) is 5.60 Å². The van der Waals surface area contributed by atoms with Gasteiger partial charge >= 0.3 is 0 Å². The standard InChI is InChI=1S/C10H15ClN2O4S/c1-10(2,17-3)6-13-9(14)8-4-7(5-12-8)18(11,15)16/h4-5,12H,6H2,1-3H3,(H,13,14). The number of aromatic amines is 1. The second kappa shape index (κ2) is 5.29. The molecule has 6 nitrogen and oxygen atoms in total. The first-order valence-electron chi connectivity index (χ1n) is 5.12. The summed E-state index contributed by atoms with van der Waals surface area (Å²) in [7, 11) is 2.86. The van der Waals surface area contributed by atoms with E-state index in [2.05, 4.69) is 10.3 Å². The van der Waals surface area contributed by atoms with Crippen molar-refractivity contribution in [1.29, 1.82) is 0 Å². The minimum Gasteiger partial charge on any atom is -0.377 e. The van der Waals surface area contributed by atoms with Crippen molar-refractivity contribution >= 4 is 25.6 Å². The number of carbonyl (C=O) groups excluding carboxylic acids is 1. The lowest BCUT2D eigenvalue weighted by Gasteiger charge is -2.22. The molecule has 0 bridgehead atoms. The number of methoxy groups -OCH3 is 1. The van der Waals surface area contributed by atoms with Crippen LogP contribution in [0.2, 0.25) is 0 Å². The average Bonchev–Trinajstić information content (AvgIpc) is 2.75. The van der Waals surface area contributed by atoms with E-state index in [1.54, 1.807) is 7.11 Å². The summed E-state index contributed by atoms with van der Waals surface area (Å²) in [5.74, 6) is -0.424. The van der Waals surface area contributed by atoms with Crippen molar-refractivity contribution in [3.63, 3.8) is 0 Å². The van der Waals surface area contributed by atoms with Gasteiger partial charge < -0.3 is 15.0 Å². The van der Waals surface area contributed by atoms with Crippen LogP contribution in [0.15, 0.2) is 17.2 Å². The zero-order valence-electron chi connectivity index (χ0n) is 10.3. The number of aromatic nitrogens is 1. The maximum absolute atomic E-state index is 11.7. The molecule has 0 atom stereocenters. The molecule has 0 aliphatic heterocycles. The summed E-state index contributed by atoms with van der Waals surface area (Å²) in [6.45, 7) is 3.93. The van der Waals surface area contributed by atoms with Crippen LogP contribution in [0.3, 0.4) is 0 Å². The summed E-state index contributed by atoms with van der Waals surface area (Å²) < 4.78 is 27.2. The topological polar surface area (TPSA) is 88.3 Å². The number of carbonyl (C=O) groups is 1. The zero-order valence-corrected chi connectivity index (χ0v) is 11.9. The fourth-order valence-corrected chi connectivity index (χ4v) is 1.83. The number of hydrogen-bond acceptors (Lipinski definition) is 4. The normalized spacial score (nSPS) is 12.4. The first kappa shape index (κ1) is 15.0. The van der Waals surface area contributed by atoms with Crippen LogP contribution < -0.4 is 5.32 Å². The van der Waals surface area contributed by atoms with Gasteiger partial charge in [-0.05, 0) is 19.9 Å². The smallest absolute Gasteiger partial charge is 0.267 e. The van der Waals surface area contributed by atoms with E-state index in [0.29, 0.717) is 6.54 Å². The van der Waals surface area contributed by atoms with E-state index in [4.69, 9.17) is 15.4 Å². The number of amides is 1. The molecule has 2 N–H and O–H groups in total. The number of nitrogens with one attached hydrogen (secondary N) is 2. The molecule has 1 rings (SSSR count). The van der Waals surface area contributed by atoms with Gasteiger partial charge in [0.2, 0.25) is 0 Å². The molecule has 1 aromatic rings. The Morgan fingerprint density at radius 2 is 2.17 bits per heavy atom. The highest BCUT2D eigenvalue weighted by molar-refractivity contribution is 8.13. The lowest BCUT2D eigenvalue weighted by molar-refractivity contribution is 0.0228. The monoisotopic (exact) mass is 294 g/mol. The Labute approximate surface area is 110 Å². The first-order chi connectivity index (χ1) is 8.15. The van der Waals surface area contributed by atoms with E-state index in [9.17, 15) is 13.2 Å². The molecule has 0 radical (unpaired) electrons. The molecule has 0 fully saturated rings. The van der Waals surface area contributed by atoms with E-state index in [0.717, 1.165) is 0 Å². The van der Waals surface area contributed by atoms with Crippen molar-refractivity contribution in [2.45, 2.75) is 24.3 Å². The summed E-state index contributed by atoms with van der Waals surface area (Å²) in [6.07, 6.45) is 1.17. The molecule has 102 valence electrons. The summed E-state index contributed by atoms with van der Waals surface area (Å²) in [5.41, 5.74) is -0.370. The Balaban J connectivity index is 2.72. The quantitative estimate of drug-likeness (QED) is 0.796. The molecule has 8 heteroatoms. The molecule has 1 aromatic heterocycles. The van der Waals surface area contributed by atoms with Gasteiger partial charge in [-0.25, -0.2) is 8.42 Å². The third kappa shape index (κ3) is 4.01. The molecule has 0 aromatic carbocycles. The molecular weight excluding hydrogens is 280 g/mol. The van der Waals surface area contributed by atoms with Crippen LogP contribution in [0, 0.1) is 0 Å². The Hall–Kier alpha value is -1.05. The average molecular weight is 295 g/mol. The van der Waals surface area contributed by atoms with Crippen LogP contribution in [0.25, 0.3) is 0 Å².